The number of benzene rings is 2. The minimum atomic E-state index is -0.214. The van der Waals surface area contributed by atoms with E-state index in [4.69, 9.17) is 0 Å². The third-order valence-corrected chi connectivity index (χ3v) is 4.27. The van der Waals surface area contributed by atoms with Crippen LogP contribution in [-0.2, 0) is 22.6 Å². The molecule has 0 aliphatic carbocycles. The molecule has 0 fully saturated rings. The van der Waals surface area contributed by atoms with E-state index in [1.165, 1.54) is 5.56 Å². The number of rotatable bonds is 10. The molecule has 2 rings (SSSR count). The number of hydrogen-bond acceptors (Lipinski definition) is 3. The van der Waals surface area contributed by atoms with E-state index in [2.05, 4.69) is 34.6 Å². The first kappa shape index (κ1) is 20.6. The molecule has 0 atom stereocenters. The van der Waals surface area contributed by atoms with E-state index in [0.717, 1.165) is 37.2 Å². The Balaban J connectivity index is 1.81. The Kier molecular flexibility index (Phi) is 8.52. The molecule has 5 heteroatoms. The Bertz CT molecular complexity index is 731. The zero-order chi connectivity index (χ0) is 19.5. The molecular formula is C22H29N3O2. The Hall–Kier alpha value is -2.66. The van der Waals surface area contributed by atoms with Crippen molar-refractivity contribution in [2.75, 3.05) is 25.0 Å². The van der Waals surface area contributed by atoms with Crippen molar-refractivity contribution in [2.45, 2.75) is 33.2 Å². The van der Waals surface area contributed by atoms with Gasteiger partial charge in [-0.2, -0.15) is 0 Å². The van der Waals surface area contributed by atoms with E-state index in [-0.39, 0.29) is 24.9 Å². The van der Waals surface area contributed by atoms with Gasteiger partial charge in [-0.05, 0) is 36.6 Å². The van der Waals surface area contributed by atoms with E-state index < -0.39 is 0 Å². The van der Waals surface area contributed by atoms with Crippen LogP contribution in [0, 0.1) is 0 Å². The van der Waals surface area contributed by atoms with Gasteiger partial charge in [0.15, 0.2) is 0 Å². The first-order valence-electron chi connectivity index (χ1n) is 9.53. The molecule has 0 heterocycles. The van der Waals surface area contributed by atoms with Gasteiger partial charge in [0.25, 0.3) is 0 Å². The lowest BCUT2D eigenvalue weighted by atomic mass is 10.1. The number of carbonyl (C=O) groups is 2. The fourth-order valence-electron chi connectivity index (χ4n) is 2.95. The van der Waals surface area contributed by atoms with Gasteiger partial charge in [-0.3, -0.25) is 14.5 Å². The minimum absolute atomic E-state index is 0.0256. The predicted molar refractivity (Wildman–Crippen MR) is 109 cm³/mol. The van der Waals surface area contributed by atoms with Crippen molar-refractivity contribution < 1.29 is 9.59 Å². The molecule has 2 aromatic carbocycles. The third kappa shape index (κ3) is 7.23. The predicted octanol–water partition coefficient (Wildman–Crippen LogP) is 3.22. The maximum atomic E-state index is 12.3. The van der Waals surface area contributed by atoms with E-state index >= 15 is 0 Å². The van der Waals surface area contributed by atoms with Crippen molar-refractivity contribution in [2.24, 2.45) is 0 Å². The fraction of sp³-hybridized carbons (Fsp3) is 0.364. The van der Waals surface area contributed by atoms with Crippen molar-refractivity contribution in [3.05, 3.63) is 65.7 Å². The van der Waals surface area contributed by atoms with Crippen LogP contribution in [0.15, 0.2) is 54.6 Å². The van der Waals surface area contributed by atoms with Crippen LogP contribution in [0.2, 0.25) is 0 Å². The maximum Gasteiger partial charge on any atom is 0.243 e. The Morgan fingerprint density at radius 1 is 0.926 bits per heavy atom. The lowest BCUT2D eigenvalue weighted by Gasteiger charge is -2.21. The van der Waals surface area contributed by atoms with Crippen molar-refractivity contribution in [1.29, 1.82) is 0 Å². The zero-order valence-corrected chi connectivity index (χ0v) is 16.2. The lowest BCUT2D eigenvalue weighted by molar-refractivity contribution is -0.125. The van der Waals surface area contributed by atoms with Crippen molar-refractivity contribution >= 4 is 17.5 Å². The molecular weight excluding hydrogens is 338 g/mol. The van der Waals surface area contributed by atoms with Gasteiger partial charge in [-0.25, -0.2) is 0 Å². The highest BCUT2D eigenvalue weighted by molar-refractivity contribution is 5.95. The standard InChI is InChI=1S/C22H29N3O2/c1-3-14-25(16-18-10-6-5-7-11-18)17-22(27)23-15-21(26)24-20-13-9-8-12-19(20)4-2/h5-13H,3-4,14-17H2,1-2H3,(H,23,27)(H,24,26). The SMILES string of the molecule is CCCN(CC(=O)NCC(=O)Nc1ccccc1CC)Cc1ccccc1. The summed E-state index contributed by atoms with van der Waals surface area (Å²) in [5.41, 5.74) is 3.05. The van der Waals surface area contributed by atoms with Gasteiger partial charge in [0.2, 0.25) is 11.8 Å². The van der Waals surface area contributed by atoms with Crippen LogP contribution in [0.4, 0.5) is 5.69 Å². The number of aryl methyl sites for hydroxylation is 1. The molecule has 2 amide bonds. The van der Waals surface area contributed by atoms with E-state index in [1.807, 2.05) is 49.4 Å². The molecule has 0 spiro atoms. The topological polar surface area (TPSA) is 61.4 Å². The average Bonchev–Trinajstić information content (AvgIpc) is 2.68. The molecule has 0 unspecified atom stereocenters. The largest absolute Gasteiger partial charge is 0.346 e. The smallest absolute Gasteiger partial charge is 0.243 e. The van der Waals surface area contributed by atoms with Gasteiger partial charge in [-0.1, -0.05) is 62.4 Å². The second-order valence-corrected chi connectivity index (χ2v) is 6.53. The number of nitrogens with zero attached hydrogens (tertiary/aromatic N) is 1. The summed E-state index contributed by atoms with van der Waals surface area (Å²) in [5, 5.41) is 5.59. The van der Waals surface area contributed by atoms with E-state index in [1.54, 1.807) is 0 Å². The summed E-state index contributed by atoms with van der Waals surface area (Å²) < 4.78 is 0. The molecule has 27 heavy (non-hydrogen) atoms. The number of amides is 2. The van der Waals surface area contributed by atoms with Gasteiger partial charge in [0.05, 0.1) is 13.1 Å². The number of anilines is 1. The molecule has 0 saturated carbocycles. The molecule has 0 saturated heterocycles. The van der Waals surface area contributed by atoms with Gasteiger partial charge in [0, 0.05) is 12.2 Å². The second kappa shape index (κ2) is 11.1. The summed E-state index contributed by atoms with van der Waals surface area (Å²) in [6.45, 7) is 5.94. The fourth-order valence-corrected chi connectivity index (χ4v) is 2.95. The summed E-state index contributed by atoms with van der Waals surface area (Å²) in [6.07, 6.45) is 1.81. The van der Waals surface area contributed by atoms with Gasteiger partial charge in [0.1, 0.15) is 0 Å². The summed E-state index contributed by atoms with van der Waals surface area (Å²) in [6, 6.07) is 17.8. The van der Waals surface area contributed by atoms with Gasteiger partial charge >= 0.3 is 0 Å². The molecule has 2 N–H and O–H groups in total. The second-order valence-electron chi connectivity index (χ2n) is 6.53. The van der Waals surface area contributed by atoms with Crippen molar-refractivity contribution in [3.63, 3.8) is 0 Å². The molecule has 0 aliphatic rings. The molecule has 0 aliphatic heterocycles. The van der Waals surface area contributed by atoms with Gasteiger partial charge < -0.3 is 10.6 Å². The van der Waals surface area contributed by atoms with Crippen molar-refractivity contribution in [1.82, 2.24) is 10.2 Å². The Labute approximate surface area is 161 Å². The summed E-state index contributed by atoms with van der Waals surface area (Å²) in [7, 11) is 0. The first-order chi connectivity index (χ1) is 13.1. The highest BCUT2D eigenvalue weighted by Crippen LogP contribution is 2.14. The quantitative estimate of drug-likeness (QED) is 0.678. The van der Waals surface area contributed by atoms with Crippen LogP contribution >= 0.6 is 0 Å². The molecule has 5 nitrogen and oxygen atoms in total. The highest BCUT2D eigenvalue weighted by Gasteiger charge is 2.12. The maximum absolute atomic E-state index is 12.3. The number of hydrogen-bond donors (Lipinski definition) is 2. The van der Waals surface area contributed by atoms with Crippen LogP contribution in [0.5, 0.6) is 0 Å². The summed E-state index contributed by atoms with van der Waals surface area (Å²) >= 11 is 0. The zero-order valence-electron chi connectivity index (χ0n) is 16.2. The molecule has 144 valence electrons. The van der Waals surface area contributed by atoms with E-state index in [9.17, 15) is 9.59 Å². The number of nitrogens with one attached hydrogen (secondary N) is 2. The Morgan fingerprint density at radius 2 is 1.63 bits per heavy atom. The van der Waals surface area contributed by atoms with Crippen LogP contribution in [-0.4, -0.2) is 36.3 Å². The van der Waals surface area contributed by atoms with Crippen molar-refractivity contribution in [3.8, 4) is 0 Å². The van der Waals surface area contributed by atoms with Crippen LogP contribution in [0.25, 0.3) is 0 Å². The molecule has 0 radical (unpaired) electrons. The monoisotopic (exact) mass is 367 g/mol. The lowest BCUT2D eigenvalue weighted by Crippen LogP contribution is -2.40. The average molecular weight is 367 g/mol. The molecule has 2 aromatic rings. The number of para-hydroxylation sites is 1. The normalized spacial score (nSPS) is 10.6. The van der Waals surface area contributed by atoms with E-state index in [0.29, 0.717) is 0 Å². The first-order valence-corrected chi connectivity index (χ1v) is 9.53. The van der Waals surface area contributed by atoms with Crippen LogP contribution < -0.4 is 10.6 Å². The Morgan fingerprint density at radius 3 is 2.33 bits per heavy atom. The van der Waals surface area contributed by atoms with Crippen LogP contribution in [0.1, 0.15) is 31.4 Å². The third-order valence-electron chi connectivity index (χ3n) is 4.27. The minimum Gasteiger partial charge on any atom is -0.346 e. The molecule has 0 aromatic heterocycles. The highest BCUT2D eigenvalue weighted by atomic mass is 16.2. The summed E-state index contributed by atoms with van der Waals surface area (Å²) in [5.74, 6) is -0.354. The van der Waals surface area contributed by atoms with Crippen LogP contribution in [0.3, 0.4) is 0 Å². The molecule has 0 bridgehead atoms. The van der Waals surface area contributed by atoms with Gasteiger partial charge in [-0.15, -0.1) is 0 Å². The summed E-state index contributed by atoms with van der Waals surface area (Å²) in [4.78, 5) is 26.5. The number of carbonyl (C=O) groups excluding carboxylic acids is 2.